The van der Waals surface area contributed by atoms with Crippen molar-refractivity contribution in [2.24, 2.45) is 5.92 Å². The normalized spacial score (nSPS) is 16.4. The van der Waals surface area contributed by atoms with Gasteiger partial charge in [-0.05, 0) is 54.7 Å². The van der Waals surface area contributed by atoms with E-state index >= 15 is 0 Å². The van der Waals surface area contributed by atoms with Crippen LogP contribution in [0.15, 0.2) is 54.7 Å². The summed E-state index contributed by atoms with van der Waals surface area (Å²) in [5, 5.41) is 3.09. The Hall–Kier alpha value is -2.49. The van der Waals surface area contributed by atoms with Crippen molar-refractivity contribution in [1.29, 1.82) is 0 Å². The van der Waals surface area contributed by atoms with E-state index in [9.17, 15) is 9.18 Å². The summed E-state index contributed by atoms with van der Waals surface area (Å²) in [6.07, 6.45) is 9.44. The first-order valence-corrected chi connectivity index (χ1v) is 8.37. The first-order valence-electron chi connectivity index (χ1n) is 8.37. The van der Waals surface area contributed by atoms with Crippen LogP contribution in [0.25, 0.3) is 6.08 Å². The van der Waals surface area contributed by atoms with E-state index in [1.54, 1.807) is 24.4 Å². The highest BCUT2D eigenvalue weighted by Crippen LogP contribution is 2.35. The SMILES string of the molecule is O=C(/C=C\c1ccccn1)N[C@@H](c1ccc(F)cc1)C1CCCC1. The molecule has 0 bridgehead atoms. The third kappa shape index (κ3) is 4.28. The van der Waals surface area contributed by atoms with Crippen molar-refractivity contribution in [2.75, 3.05) is 0 Å². The first-order chi connectivity index (χ1) is 11.7. The van der Waals surface area contributed by atoms with Crippen LogP contribution in [0.3, 0.4) is 0 Å². The number of carbonyl (C=O) groups is 1. The summed E-state index contributed by atoms with van der Waals surface area (Å²) < 4.78 is 13.2. The highest BCUT2D eigenvalue weighted by Gasteiger charge is 2.27. The quantitative estimate of drug-likeness (QED) is 0.834. The van der Waals surface area contributed by atoms with Crippen molar-refractivity contribution >= 4 is 12.0 Å². The number of hydrogen-bond donors (Lipinski definition) is 1. The van der Waals surface area contributed by atoms with Crippen LogP contribution in [-0.4, -0.2) is 10.9 Å². The molecule has 3 rings (SSSR count). The monoisotopic (exact) mass is 324 g/mol. The largest absolute Gasteiger partial charge is 0.345 e. The molecule has 1 amide bonds. The number of aromatic nitrogens is 1. The Morgan fingerprint density at radius 2 is 1.92 bits per heavy atom. The van der Waals surface area contributed by atoms with Gasteiger partial charge in [0.2, 0.25) is 5.91 Å². The van der Waals surface area contributed by atoms with E-state index in [4.69, 9.17) is 0 Å². The van der Waals surface area contributed by atoms with E-state index in [2.05, 4.69) is 10.3 Å². The lowest BCUT2D eigenvalue weighted by molar-refractivity contribution is -0.117. The summed E-state index contributed by atoms with van der Waals surface area (Å²) in [6, 6.07) is 11.9. The minimum atomic E-state index is -0.259. The molecule has 1 heterocycles. The molecule has 24 heavy (non-hydrogen) atoms. The van der Waals surface area contributed by atoms with Gasteiger partial charge < -0.3 is 5.32 Å². The van der Waals surface area contributed by atoms with Gasteiger partial charge in [0.05, 0.1) is 11.7 Å². The molecule has 1 atom stereocenters. The molecule has 124 valence electrons. The smallest absolute Gasteiger partial charge is 0.244 e. The average Bonchev–Trinajstić information content (AvgIpc) is 3.14. The van der Waals surface area contributed by atoms with Crippen molar-refractivity contribution in [3.8, 4) is 0 Å². The molecule has 1 aromatic heterocycles. The van der Waals surface area contributed by atoms with Gasteiger partial charge >= 0.3 is 0 Å². The molecule has 0 saturated heterocycles. The number of hydrogen-bond acceptors (Lipinski definition) is 2. The Morgan fingerprint density at radius 3 is 2.58 bits per heavy atom. The maximum absolute atomic E-state index is 13.2. The maximum Gasteiger partial charge on any atom is 0.244 e. The molecule has 0 unspecified atom stereocenters. The number of amides is 1. The van der Waals surface area contributed by atoms with E-state index in [0.717, 1.165) is 24.1 Å². The van der Waals surface area contributed by atoms with Crippen LogP contribution >= 0.6 is 0 Å². The van der Waals surface area contributed by atoms with E-state index in [-0.39, 0.29) is 17.8 Å². The molecular formula is C20H21FN2O. The van der Waals surface area contributed by atoms with E-state index in [1.807, 2.05) is 18.2 Å². The van der Waals surface area contributed by atoms with Crippen LogP contribution < -0.4 is 5.32 Å². The van der Waals surface area contributed by atoms with Gasteiger partial charge in [0, 0.05) is 12.3 Å². The fraction of sp³-hybridized carbons (Fsp3) is 0.300. The molecule has 1 saturated carbocycles. The predicted molar refractivity (Wildman–Crippen MR) is 92.5 cm³/mol. The molecule has 2 aromatic rings. The van der Waals surface area contributed by atoms with Gasteiger partial charge in [-0.1, -0.05) is 31.0 Å². The van der Waals surface area contributed by atoms with Crippen LogP contribution in [0, 0.1) is 11.7 Å². The van der Waals surface area contributed by atoms with Crippen molar-refractivity contribution in [2.45, 2.75) is 31.7 Å². The molecule has 4 heteroatoms. The number of halogens is 1. The molecule has 0 aliphatic heterocycles. The summed E-state index contributed by atoms with van der Waals surface area (Å²) in [6.45, 7) is 0. The average molecular weight is 324 g/mol. The summed E-state index contributed by atoms with van der Waals surface area (Å²) in [5.74, 6) is -0.00478. The van der Waals surface area contributed by atoms with Gasteiger partial charge in [-0.2, -0.15) is 0 Å². The lowest BCUT2D eigenvalue weighted by Crippen LogP contribution is -2.31. The van der Waals surface area contributed by atoms with Gasteiger partial charge in [-0.3, -0.25) is 9.78 Å². The van der Waals surface area contributed by atoms with E-state index in [0.29, 0.717) is 5.92 Å². The maximum atomic E-state index is 13.2. The standard InChI is InChI=1S/C20H21FN2O/c21-17-10-8-16(9-11-17)20(15-5-1-2-6-15)23-19(24)13-12-18-7-3-4-14-22-18/h3-4,7-15,20H,1-2,5-6H2,(H,23,24)/b13-12-/t20-/m1/s1. The number of rotatable bonds is 5. The topological polar surface area (TPSA) is 42.0 Å². The number of nitrogens with one attached hydrogen (secondary N) is 1. The molecule has 1 aliphatic rings. The Labute approximate surface area is 141 Å². The van der Waals surface area contributed by atoms with E-state index in [1.165, 1.54) is 31.1 Å². The van der Waals surface area contributed by atoms with Crippen LogP contribution in [0.5, 0.6) is 0 Å². The van der Waals surface area contributed by atoms with Crippen LogP contribution in [0.1, 0.15) is 43.0 Å². The van der Waals surface area contributed by atoms with Gasteiger partial charge in [-0.25, -0.2) is 4.39 Å². The summed E-state index contributed by atoms with van der Waals surface area (Å²) >= 11 is 0. The van der Waals surface area contributed by atoms with Crippen molar-refractivity contribution in [3.05, 3.63) is 71.8 Å². The van der Waals surface area contributed by atoms with Crippen LogP contribution in [0.4, 0.5) is 4.39 Å². The second-order valence-corrected chi connectivity index (χ2v) is 6.17. The van der Waals surface area contributed by atoms with Gasteiger partial charge in [0.1, 0.15) is 5.82 Å². The Balaban J connectivity index is 1.72. The minimum Gasteiger partial charge on any atom is -0.345 e. The Kier molecular flexibility index (Phi) is 5.36. The van der Waals surface area contributed by atoms with Crippen molar-refractivity contribution in [1.82, 2.24) is 10.3 Å². The third-order valence-corrected chi connectivity index (χ3v) is 4.49. The molecule has 0 radical (unpaired) electrons. The summed E-state index contributed by atoms with van der Waals surface area (Å²) in [4.78, 5) is 16.5. The van der Waals surface area contributed by atoms with Crippen LogP contribution in [0.2, 0.25) is 0 Å². The molecule has 1 N–H and O–H groups in total. The van der Waals surface area contributed by atoms with Crippen LogP contribution in [-0.2, 0) is 4.79 Å². The Bertz CT molecular complexity index is 691. The third-order valence-electron chi connectivity index (χ3n) is 4.49. The minimum absolute atomic E-state index is 0.0750. The highest BCUT2D eigenvalue weighted by molar-refractivity contribution is 5.91. The zero-order valence-electron chi connectivity index (χ0n) is 13.5. The highest BCUT2D eigenvalue weighted by atomic mass is 19.1. The molecule has 1 fully saturated rings. The predicted octanol–water partition coefficient (Wildman–Crippen LogP) is 4.28. The molecular weight excluding hydrogens is 303 g/mol. The van der Waals surface area contributed by atoms with Gasteiger partial charge in [0.15, 0.2) is 0 Å². The summed E-state index contributed by atoms with van der Waals surface area (Å²) in [7, 11) is 0. The fourth-order valence-electron chi connectivity index (χ4n) is 3.27. The summed E-state index contributed by atoms with van der Waals surface area (Å²) in [5.41, 5.74) is 1.70. The zero-order valence-corrected chi connectivity index (χ0v) is 13.5. The molecule has 1 aromatic carbocycles. The van der Waals surface area contributed by atoms with Gasteiger partial charge in [0.25, 0.3) is 0 Å². The number of pyridine rings is 1. The molecule has 1 aliphatic carbocycles. The lowest BCUT2D eigenvalue weighted by Gasteiger charge is -2.24. The fourth-order valence-corrected chi connectivity index (χ4v) is 3.27. The molecule has 0 spiro atoms. The zero-order chi connectivity index (χ0) is 16.8. The lowest BCUT2D eigenvalue weighted by atomic mass is 9.91. The number of nitrogens with zero attached hydrogens (tertiary/aromatic N) is 1. The first kappa shape index (κ1) is 16.4. The second-order valence-electron chi connectivity index (χ2n) is 6.17. The van der Waals surface area contributed by atoms with Crippen molar-refractivity contribution < 1.29 is 9.18 Å². The number of carbonyl (C=O) groups excluding carboxylic acids is 1. The van der Waals surface area contributed by atoms with Gasteiger partial charge in [-0.15, -0.1) is 0 Å². The second kappa shape index (κ2) is 7.86. The Morgan fingerprint density at radius 1 is 1.17 bits per heavy atom. The van der Waals surface area contributed by atoms with E-state index < -0.39 is 0 Å². The number of benzene rings is 1. The molecule has 3 nitrogen and oxygen atoms in total. The van der Waals surface area contributed by atoms with Crippen molar-refractivity contribution in [3.63, 3.8) is 0 Å².